The van der Waals surface area contributed by atoms with Crippen LogP contribution in [-0.4, -0.2) is 36.2 Å². The molecule has 0 atom stereocenters. The molecule has 4 aromatic rings. The summed E-state index contributed by atoms with van der Waals surface area (Å²) in [6.45, 7) is 1.53. The zero-order chi connectivity index (χ0) is 26.0. The Morgan fingerprint density at radius 3 is 2.08 bits per heavy atom. The number of ether oxygens (including phenoxy) is 4. The zero-order valence-electron chi connectivity index (χ0n) is 20.6. The van der Waals surface area contributed by atoms with Gasteiger partial charge in [0.1, 0.15) is 24.7 Å². The number of nitrogens with zero attached hydrogens (tertiary/aromatic N) is 2. The lowest BCUT2D eigenvalue weighted by Gasteiger charge is -2.17. The van der Waals surface area contributed by atoms with E-state index in [0.717, 1.165) is 22.6 Å². The number of methoxy groups -OCH3 is 2. The van der Waals surface area contributed by atoms with E-state index in [1.54, 1.807) is 38.9 Å². The van der Waals surface area contributed by atoms with Crippen molar-refractivity contribution < 1.29 is 23.7 Å². The summed E-state index contributed by atoms with van der Waals surface area (Å²) in [7, 11) is 3.24. The van der Waals surface area contributed by atoms with Crippen LogP contribution in [0.2, 0.25) is 5.02 Å². The van der Waals surface area contributed by atoms with Crippen LogP contribution < -0.4 is 24.3 Å². The highest BCUT2D eigenvalue weighted by atomic mass is 35.5. The molecule has 1 heterocycles. The van der Waals surface area contributed by atoms with Crippen LogP contribution in [0.4, 0.5) is 0 Å². The van der Waals surface area contributed by atoms with Crippen LogP contribution in [0.15, 0.2) is 79.4 Å². The van der Waals surface area contributed by atoms with E-state index in [9.17, 15) is 4.79 Å². The maximum atomic E-state index is 12.9. The van der Waals surface area contributed by atoms with E-state index in [1.165, 1.54) is 0 Å². The third kappa shape index (κ3) is 6.95. The summed E-state index contributed by atoms with van der Waals surface area (Å²) in [5.41, 5.74) is 2.15. The number of amides is 1. The van der Waals surface area contributed by atoms with Gasteiger partial charge >= 0.3 is 0 Å². The van der Waals surface area contributed by atoms with Crippen molar-refractivity contribution in [3.05, 3.63) is 101 Å². The Balaban J connectivity index is 1.51. The molecule has 0 radical (unpaired) electrons. The lowest BCUT2D eigenvalue weighted by atomic mass is 10.1. The largest absolute Gasteiger partial charge is 0.497 e. The van der Waals surface area contributed by atoms with Gasteiger partial charge in [0, 0.05) is 25.5 Å². The minimum Gasteiger partial charge on any atom is -0.497 e. The predicted molar refractivity (Wildman–Crippen MR) is 141 cm³/mol. The molecule has 4 rings (SSSR count). The van der Waals surface area contributed by atoms with Crippen molar-refractivity contribution in [3.8, 4) is 23.0 Å². The number of hydrogen-bond acceptors (Lipinski definition) is 6. The minimum absolute atomic E-state index is 0.181. The third-order valence-corrected chi connectivity index (χ3v) is 5.99. The average molecular weight is 522 g/mol. The molecule has 37 heavy (non-hydrogen) atoms. The van der Waals surface area contributed by atoms with Crippen LogP contribution in [0.5, 0.6) is 23.0 Å². The fourth-order valence-electron chi connectivity index (χ4n) is 3.53. The van der Waals surface area contributed by atoms with Gasteiger partial charge in [-0.3, -0.25) is 4.79 Å². The maximum Gasteiger partial charge on any atom is 0.253 e. The molecule has 192 valence electrons. The van der Waals surface area contributed by atoms with Crippen molar-refractivity contribution in [2.45, 2.75) is 19.8 Å². The van der Waals surface area contributed by atoms with E-state index in [4.69, 9.17) is 30.5 Å². The Labute approximate surface area is 220 Å². The molecule has 0 unspecified atom stereocenters. The summed E-state index contributed by atoms with van der Waals surface area (Å²) in [5.74, 6) is 1.94. The number of halogens is 1. The number of nitrogens with one attached hydrogen (secondary N) is 1. The van der Waals surface area contributed by atoms with E-state index in [0.29, 0.717) is 30.2 Å². The summed E-state index contributed by atoms with van der Waals surface area (Å²) in [5, 5.41) is 3.07. The third-order valence-electron chi connectivity index (χ3n) is 5.62. The molecule has 1 amide bonds. The molecule has 0 bridgehead atoms. The average Bonchev–Trinajstić information content (AvgIpc) is 3.45. The summed E-state index contributed by atoms with van der Waals surface area (Å²) < 4.78 is 24.5. The van der Waals surface area contributed by atoms with Crippen molar-refractivity contribution in [2.75, 3.05) is 20.8 Å². The molecule has 0 fully saturated rings. The van der Waals surface area contributed by atoms with Gasteiger partial charge in [0.25, 0.3) is 5.91 Å². The first-order chi connectivity index (χ1) is 18.1. The van der Waals surface area contributed by atoms with Gasteiger partial charge in [0.05, 0.1) is 31.1 Å². The number of rotatable bonds is 12. The van der Waals surface area contributed by atoms with Crippen LogP contribution in [0.1, 0.15) is 21.5 Å². The summed E-state index contributed by atoms with van der Waals surface area (Å²) >= 11 is 6.70. The number of imidazole rings is 1. The van der Waals surface area contributed by atoms with Crippen molar-refractivity contribution >= 4 is 17.5 Å². The number of hydrogen-bond donors (Lipinski definition) is 1. The molecule has 1 aromatic heterocycles. The van der Waals surface area contributed by atoms with Crippen molar-refractivity contribution in [2.24, 2.45) is 0 Å². The Bertz CT molecular complexity index is 1290. The molecular formula is C28H28ClN3O5. The highest BCUT2D eigenvalue weighted by molar-refractivity contribution is 6.35. The van der Waals surface area contributed by atoms with Crippen LogP contribution in [-0.2, 0) is 19.8 Å². The molecule has 1 N–H and O–H groups in total. The lowest BCUT2D eigenvalue weighted by molar-refractivity contribution is 0.0952. The van der Waals surface area contributed by atoms with Crippen LogP contribution in [0.3, 0.4) is 0 Å². The van der Waals surface area contributed by atoms with Gasteiger partial charge in [-0.25, -0.2) is 4.98 Å². The summed E-state index contributed by atoms with van der Waals surface area (Å²) in [6.07, 6.45) is 5.22. The lowest BCUT2D eigenvalue weighted by Crippen LogP contribution is -2.27. The molecule has 9 heteroatoms. The highest BCUT2D eigenvalue weighted by Gasteiger charge is 2.19. The monoisotopic (exact) mass is 521 g/mol. The first-order valence-electron chi connectivity index (χ1n) is 11.6. The van der Waals surface area contributed by atoms with E-state index in [-0.39, 0.29) is 24.1 Å². The van der Waals surface area contributed by atoms with Gasteiger partial charge in [-0.15, -0.1) is 0 Å². The molecule has 0 saturated carbocycles. The van der Waals surface area contributed by atoms with Crippen LogP contribution in [0, 0.1) is 0 Å². The van der Waals surface area contributed by atoms with Crippen LogP contribution >= 0.6 is 11.6 Å². The second-order valence-corrected chi connectivity index (χ2v) is 8.46. The summed E-state index contributed by atoms with van der Waals surface area (Å²) in [4.78, 5) is 16.9. The SMILES string of the molecule is COc1ccc(COc2ccc(C(=O)NCCn3ccnc3)c(Cl)c2OCc2ccc(OC)cc2)cc1. The highest BCUT2D eigenvalue weighted by Crippen LogP contribution is 2.39. The normalized spacial score (nSPS) is 10.6. The van der Waals surface area contributed by atoms with E-state index in [1.807, 2.05) is 59.3 Å². The Morgan fingerprint density at radius 2 is 1.51 bits per heavy atom. The van der Waals surface area contributed by atoms with Crippen molar-refractivity contribution in [1.29, 1.82) is 0 Å². The molecule has 0 spiro atoms. The minimum atomic E-state index is -0.305. The fraction of sp³-hybridized carbons (Fsp3) is 0.214. The molecular weight excluding hydrogens is 494 g/mol. The molecule has 8 nitrogen and oxygen atoms in total. The smallest absolute Gasteiger partial charge is 0.253 e. The predicted octanol–water partition coefficient (Wildman–Crippen LogP) is 5.14. The van der Waals surface area contributed by atoms with Gasteiger partial charge in [-0.05, 0) is 47.5 Å². The van der Waals surface area contributed by atoms with E-state index < -0.39 is 0 Å². The van der Waals surface area contributed by atoms with E-state index in [2.05, 4.69) is 10.3 Å². The van der Waals surface area contributed by atoms with Crippen molar-refractivity contribution in [1.82, 2.24) is 14.9 Å². The van der Waals surface area contributed by atoms with Gasteiger partial charge in [-0.2, -0.15) is 0 Å². The number of carbonyl (C=O) groups is 1. The topological polar surface area (TPSA) is 83.8 Å². The second kappa shape index (κ2) is 12.7. The van der Waals surface area contributed by atoms with Gasteiger partial charge in [0.2, 0.25) is 0 Å². The van der Waals surface area contributed by atoms with Gasteiger partial charge in [0.15, 0.2) is 11.5 Å². The molecule has 0 aliphatic carbocycles. The fourth-order valence-corrected chi connectivity index (χ4v) is 3.83. The molecule has 3 aromatic carbocycles. The van der Waals surface area contributed by atoms with Gasteiger partial charge in [-0.1, -0.05) is 35.9 Å². The quantitative estimate of drug-likeness (QED) is 0.278. The second-order valence-electron chi connectivity index (χ2n) is 8.08. The Hall–Kier alpha value is -4.17. The number of carbonyl (C=O) groups excluding carboxylic acids is 1. The zero-order valence-corrected chi connectivity index (χ0v) is 21.4. The van der Waals surface area contributed by atoms with Crippen molar-refractivity contribution in [3.63, 3.8) is 0 Å². The van der Waals surface area contributed by atoms with E-state index >= 15 is 0 Å². The number of aromatic nitrogens is 2. The molecule has 0 saturated heterocycles. The van der Waals surface area contributed by atoms with Gasteiger partial charge < -0.3 is 28.8 Å². The standard InChI is InChI=1S/C28H28ClN3O5/c1-34-22-7-3-20(4-8-22)17-36-25-12-11-24(28(33)31-14-16-32-15-13-30-19-32)26(29)27(25)37-18-21-5-9-23(35-2)10-6-21/h3-13,15,19H,14,16-18H2,1-2H3,(H,31,33). The van der Waals surface area contributed by atoms with Crippen LogP contribution in [0.25, 0.3) is 0 Å². The first-order valence-corrected chi connectivity index (χ1v) is 12.0. The number of benzene rings is 3. The molecule has 0 aliphatic rings. The Kier molecular flexibility index (Phi) is 8.89. The summed E-state index contributed by atoms with van der Waals surface area (Å²) in [6, 6.07) is 18.4. The molecule has 0 aliphatic heterocycles. The maximum absolute atomic E-state index is 12.9. The Morgan fingerprint density at radius 1 is 0.892 bits per heavy atom. The first kappa shape index (κ1) is 25.9.